The molecule has 2 aliphatic rings. The van der Waals surface area contributed by atoms with E-state index in [-0.39, 0.29) is 11.6 Å². The minimum absolute atomic E-state index is 0.0368. The number of hydrogen-bond donors (Lipinski definition) is 0. The fraction of sp³-hybridized carbons (Fsp3) is 0.448. The fourth-order valence-corrected chi connectivity index (χ4v) is 5.59. The van der Waals surface area contributed by atoms with Gasteiger partial charge in [-0.2, -0.15) is 0 Å². The standard InChI is InChI=1S/C29H37NO5/c1-7-29(12-9-8-10-13-29)30-14-11-21-18-24(31-2)25(32-3)19-22(21)23(30)15-20-16-26(33-4)28(35-6)27(17-20)34-5/h8-10,12,16-19,23H,7,11,13-15H2,1-6H3/t23-,29+/m1/s1. The molecule has 1 aliphatic carbocycles. The Morgan fingerprint density at radius 3 is 2.03 bits per heavy atom. The normalized spacial score (nSPS) is 21.4. The van der Waals surface area contributed by atoms with Crippen molar-refractivity contribution in [3.63, 3.8) is 0 Å². The second-order valence-electron chi connectivity index (χ2n) is 9.05. The van der Waals surface area contributed by atoms with E-state index in [1.807, 2.05) is 0 Å². The summed E-state index contributed by atoms with van der Waals surface area (Å²) in [6.45, 7) is 3.24. The zero-order valence-corrected chi connectivity index (χ0v) is 21.7. The highest BCUT2D eigenvalue weighted by Gasteiger charge is 2.41. The predicted molar refractivity (Wildman–Crippen MR) is 138 cm³/mol. The van der Waals surface area contributed by atoms with Crippen LogP contribution in [0.1, 0.15) is 42.5 Å². The molecule has 2 aromatic rings. The number of allylic oxidation sites excluding steroid dienone is 2. The summed E-state index contributed by atoms with van der Waals surface area (Å²) in [5.74, 6) is 3.48. The van der Waals surface area contributed by atoms with Crippen molar-refractivity contribution in [2.24, 2.45) is 0 Å². The number of nitrogens with zero attached hydrogens (tertiary/aromatic N) is 1. The number of hydrogen-bond acceptors (Lipinski definition) is 6. The molecule has 0 spiro atoms. The first kappa shape index (κ1) is 25.0. The van der Waals surface area contributed by atoms with Crippen molar-refractivity contribution in [2.45, 2.75) is 44.2 Å². The second-order valence-corrected chi connectivity index (χ2v) is 9.05. The Morgan fingerprint density at radius 2 is 1.49 bits per heavy atom. The summed E-state index contributed by atoms with van der Waals surface area (Å²) in [4.78, 5) is 2.67. The Hall–Kier alpha value is -3.12. The summed E-state index contributed by atoms with van der Waals surface area (Å²) in [5.41, 5.74) is 3.67. The van der Waals surface area contributed by atoms with Gasteiger partial charge in [0.2, 0.25) is 5.75 Å². The van der Waals surface area contributed by atoms with E-state index >= 15 is 0 Å². The van der Waals surface area contributed by atoms with Crippen LogP contribution < -0.4 is 23.7 Å². The molecular formula is C29H37NO5. The van der Waals surface area contributed by atoms with Crippen LogP contribution in [-0.4, -0.2) is 52.5 Å². The Kier molecular flexibility index (Phi) is 7.60. The highest BCUT2D eigenvalue weighted by atomic mass is 16.5. The van der Waals surface area contributed by atoms with Crippen molar-refractivity contribution in [3.05, 3.63) is 65.3 Å². The average Bonchev–Trinajstić information content (AvgIpc) is 2.91. The molecule has 1 aliphatic heterocycles. The maximum atomic E-state index is 5.71. The zero-order valence-electron chi connectivity index (χ0n) is 21.7. The van der Waals surface area contributed by atoms with E-state index in [1.165, 1.54) is 11.1 Å². The average molecular weight is 480 g/mol. The molecule has 0 amide bonds. The molecule has 188 valence electrons. The zero-order chi connectivity index (χ0) is 25.0. The predicted octanol–water partition coefficient (Wildman–Crippen LogP) is 5.54. The first-order chi connectivity index (χ1) is 17.0. The van der Waals surface area contributed by atoms with Gasteiger partial charge in [-0.1, -0.05) is 31.2 Å². The molecule has 1 heterocycles. The molecule has 0 saturated heterocycles. The Labute approximate surface area is 209 Å². The lowest BCUT2D eigenvalue weighted by molar-refractivity contribution is 0.0648. The van der Waals surface area contributed by atoms with Crippen molar-refractivity contribution in [1.29, 1.82) is 0 Å². The lowest BCUT2D eigenvalue weighted by Gasteiger charge is -2.49. The Balaban J connectivity index is 1.84. The molecule has 0 aromatic heterocycles. The number of benzene rings is 2. The topological polar surface area (TPSA) is 49.4 Å². The highest BCUT2D eigenvalue weighted by molar-refractivity contribution is 5.55. The number of methoxy groups -OCH3 is 5. The Bertz CT molecular complexity index is 1080. The van der Waals surface area contributed by atoms with Crippen LogP contribution in [0, 0.1) is 0 Å². The molecule has 0 unspecified atom stereocenters. The minimum Gasteiger partial charge on any atom is -0.493 e. The molecule has 0 saturated carbocycles. The van der Waals surface area contributed by atoms with Gasteiger partial charge < -0.3 is 23.7 Å². The van der Waals surface area contributed by atoms with Gasteiger partial charge in [0.25, 0.3) is 0 Å². The van der Waals surface area contributed by atoms with Crippen molar-refractivity contribution < 1.29 is 23.7 Å². The van der Waals surface area contributed by atoms with Crippen LogP contribution in [0.3, 0.4) is 0 Å². The van der Waals surface area contributed by atoms with Crippen LogP contribution in [0.25, 0.3) is 0 Å². The van der Waals surface area contributed by atoms with Crippen LogP contribution in [0.5, 0.6) is 28.7 Å². The maximum Gasteiger partial charge on any atom is 0.203 e. The monoisotopic (exact) mass is 479 g/mol. The van der Waals surface area contributed by atoms with Crippen LogP contribution in [0.4, 0.5) is 0 Å². The third-order valence-electron chi connectivity index (χ3n) is 7.47. The fourth-order valence-electron chi connectivity index (χ4n) is 5.59. The van der Waals surface area contributed by atoms with Crippen molar-refractivity contribution in [2.75, 3.05) is 42.1 Å². The van der Waals surface area contributed by atoms with E-state index in [0.29, 0.717) is 17.2 Å². The van der Waals surface area contributed by atoms with Crippen LogP contribution in [0.15, 0.2) is 48.6 Å². The lowest BCUT2D eigenvalue weighted by atomic mass is 9.79. The molecule has 0 N–H and O–H groups in total. The van der Waals surface area contributed by atoms with Gasteiger partial charge in [-0.05, 0) is 66.6 Å². The third kappa shape index (κ3) is 4.59. The van der Waals surface area contributed by atoms with Crippen LogP contribution >= 0.6 is 0 Å². The van der Waals surface area contributed by atoms with E-state index in [1.54, 1.807) is 35.5 Å². The summed E-state index contributed by atoms with van der Waals surface area (Å²) < 4.78 is 28.2. The van der Waals surface area contributed by atoms with Crippen LogP contribution in [-0.2, 0) is 12.8 Å². The van der Waals surface area contributed by atoms with E-state index in [2.05, 4.69) is 60.4 Å². The van der Waals surface area contributed by atoms with E-state index in [4.69, 9.17) is 23.7 Å². The van der Waals surface area contributed by atoms with Gasteiger partial charge in [-0.25, -0.2) is 0 Å². The molecule has 0 bridgehead atoms. The van der Waals surface area contributed by atoms with Crippen molar-refractivity contribution >= 4 is 0 Å². The first-order valence-electron chi connectivity index (χ1n) is 12.2. The summed E-state index contributed by atoms with van der Waals surface area (Å²) in [6.07, 6.45) is 12.8. The lowest BCUT2D eigenvalue weighted by Crippen LogP contribution is -2.52. The summed E-state index contributed by atoms with van der Waals surface area (Å²) >= 11 is 0. The number of ether oxygens (including phenoxy) is 5. The number of fused-ring (bicyclic) bond motifs is 1. The summed E-state index contributed by atoms with van der Waals surface area (Å²) in [7, 11) is 8.34. The highest BCUT2D eigenvalue weighted by Crippen LogP contribution is 2.46. The summed E-state index contributed by atoms with van der Waals surface area (Å²) in [6, 6.07) is 8.56. The molecule has 0 radical (unpaired) electrons. The van der Waals surface area contributed by atoms with Gasteiger partial charge in [-0.3, -0.25) is 4.90 Å². The largest absolute Gasteiger partial charge is 0.493 e. The van der Waals surface area contributed by atoms with Gasteiger partial charge in [0, 0.05) is 18.1 Å². The maximum absolute atomic E-state index is 5.71. The SMILES string of the molecule is CC[C@]1(N2CCc3cc(OC)c(OC)cc3[C@H]2Cc2cc(OC)c(OC)c(OC)c2)C=CC=CC1. The van der Waals surface area contributed by atoms with Gasteiger partial charge in [-0.15, -0.1) is 0 Å². The van der Waals surface area contributed by atoms with E-state index in [9.17, 15) is 0 Å². The minimum atomic E-state index is -0.0368. The summed E-state index contributed by atoms with van der Waals surface area (Å²) in [5, 5.41) is 0. The third-order valence-corrected chi connectivity index (χ3v) is 7.47. The second kappa shape index (κ2) is 10.6. The van der Waals surface area contributed by atoms with Gasteiger partial charge in [0.1, 0.15) is 0 Å². The molecule has 2 aromatic carbocycles. The van der Waals surface area contributed by atoms with Crippen molar-refractivity contribution in [1.82, 2.24) is 4.90 Å². The molecule has 35 heavy (non-hydrogen) atoms. The number of rotatable bonds is 9. The van der Waals surface area contributed by atoms with E-state index < -0.39 is 0 Å². The first-order valence-corrected chi connectivity index (χ1v) is 12.2. The quantitative estimate of drug-likeness (QED) is 0.471. The molecule has 6 heteroatoms. The molecule has 6 nitrogen and oxygen atoms in total. The van der Waals surface area contributed by atoms with Gasteiger partial charge in [0.05, 0.1) is 35.5 Å². The van der Waals surface area contributed by atoms with Gasteiger partial charge in [0.15, 0.2) is 23.0 Å². The molecule has 0 fully saturated rings. The van der Waals surface area contributed by atoms with Crippen molar-refractivity contribution in [3.8, 4) is 28.7 Å². The van der Waals surface area contributed by atoms with Crippen LogP contribution in [0.2, 0.25) is 0 Å². The molecular weight excluding hydrogens is 442 g/mol. The van der Waals surface area contributed by atoms with E-state index in [0.717, 1.165) is 49.3 Å². The Morgan fingerprint density at radius 1 is 0.829 bits per heavy atom. The smallest absolute Gasteiger partial charge is 0.203 e. The van der Waals surface area contributed by atoms with Gasteiger partial charge >= 0.3 is 0 Å². The molecule has 2 atom stereocenters. The molecule has 4 rings (SSSR count).